The second-order valence-corrected chi connectivity index (χ2v) is 10.3. The van der Waals surface area contributed by atoms with Gasteiger partial charge in [-0.15, -0.1) is 0 Å². The summed E-state index contributed by atoms with van der Waals surface area (Å²) in [4.78, 5) is 35.9. The van der Waals surface area contributed by atoms with E-state index in [4.69, 9.17) is 12.2 Å². The van der Waals surface area contributed by atoms with Gasteiger partial charge in [0.05, 0.1) is 17.4 Å². The van der Waals surface area contributed by atoms with Gasteiger partial charge in [-0.05, 0) is 107 Å². The first-order valence-corrected chi connectivity index (χ1v) is 13.1. The number of pyridine rings is 1. The van der Waals surface area contributed by atoms with Crippen molar-refractivity contribution in [2.24, 2.45) is 0 Å². The molecule has 1 aromatic carbocycles. The number of nitrogens with one attached hydrogen (secondary N) is 1. The van der Waals surface area contributed by atoms with Crippen LogP contribution < -0.4 is 15.1 Å². The predicted molar refractivity (Wildman–Crippen MR) is 142 cm³/mol. The summed E-state index contributed by atoms with van der Waals surface area (Å²) in [6.07, 6.45) is 6.75. The second-order valence-electron chi connectivity index (χ2n) is 9.94. The maximum atomic E-state index is 15.2. The molecule has 0 radical (unpaired) electrons. The van der Waals surface area contributed by atoms with Gasteiger partial charge < -0.3 is 15.1 Å². The van der Waals surface area contributed by atoms with Crippen molar-refractivity contribution in [3.05, 3.63) is 53.1 Å². The smallest absolute Gasteiger partial charge is 0.259 e. The Morgan fingerprint density at radius 2 is 1.97 bits per heavy atom. The molecule has 2 amide bonds. The number of nitrogens with zero attached hydrogens (tertiary/aromatic N) is 5. The van der Waals surface area contributed by atoms with Gasteiger partial charge in [0, 0.05) is 12.2 Å². The minimum atomic E-state index is -0.884. The number of amides is 2. The lowest BCUT2D eigenvalue weighted by Gasteiger charge is -2.43. The molecule has 8 nitrogen and oxygen atoms in total. The van der Waals surface area contributed by atoms with Gasteiger partial charge in [0.2, 0.25) is 0 Å². The van der Waals surface area contributed by atoms with Crippen LogP contribution in [0, 0.1) is 24.1 Å². The van der Waals surface area contributed by atoms with Crippen molar-refractivity contribution in [2.45, 2.75) is 51.0 Å². The third-order valence-electron chi connectivity index (χ3n) is 7.61. The lowest BCUT2D eigenvalue weighted by atomic mass is 9.75. The molecule has 1 N–H and O–H groups in total. The molecule has 3 aliphatic rings. The lowest BCUT2D eigenvalue weighted by molar-refractivity contribution is -0.123. The van der Waals surface area contributed by atoms with Gasteiger partial charge in [0.1, 0.15) is 23.1 Å². The third kappa shape index (κ3) is 4.47. The zero-order chi connectivity index (χ0) is 26.2. The number of benzene rings is 1. The summed E-state index contributed by atoms with van der Waals surface area (Å²) in [5, 5.41) is 12.2. The number of rotatable bonds is 7. The Morgan fingerprint density at radius 1 is 1.22 bits per heavy atom. The average Bonchev–Trinajstić information content (AvgIpc) is 3.45. The van der Waals surface area contributed by atoms with E-state index < -0.39 is 17.3 Å². The normalized spacial score (nSPS) is 18.8. The summed E-state index contributed by atoms with van der Waals surface area (Å²) in [5.74, 6) is -1.30. The van der Waals surface area contributed by atoms with Crippen molar-refractivity contribution in [3.63, 3.8) is 0 Å². The fraction of sp³-hybridized carbons (Fsp3) is 0.444. The summed E-state index contributed by atoms with van der Waals surface area (Å²) in [6.45, 7) is 5.36. The number of hydrogen-bond donors (Lipinski definition) is 1. The van der Waals surface area contributed by atoms with Crippen LogP contribution in [0.15, 0.2) is 30.5 Å². The number of hydrogen-bond acceptors (Lipinski definition) is 6. The van der Waals surface area contributed by atoms with Crippen LogP contribution >= 0.6 is 12.2 Å². The summed E-state index contributed by atoms with van der Waals surface area (Å²) in [6, 6.07) is 8.12. The largest absolute Gasteiger partial charge is 0.352 e. The molecule has 1 aromatic heterocycles. The zero-order valence-corrected chi connectivity index (χ0v) is 21.6. The standard InChI is InChI=1S/C27H29FN6O2S/c1-18-14-20(17-31-23(18)16-29)33-25(36)27(8-4-9-27)34(26(33)37)19-6-7-21(22(28)15-19)24(35)30-10-5-13-32-11-2-3-12-32/h6-7,14-15,17H,2-5,8-13H2,1H3,(H,30,35). The first-order valence-electron chi connectivity index (χ1n) is 12.7. The minimum Gasteiger partial charge on any atom is -0.352 e. The molecular formula is C27H29FN6O2S. The molecule has 2 saturated heterocycles. The minimum absolute atomic E-state index is 0.0344. The van der Waals surface area contributed by atoms with E-state index >= 15 is 4.39 Å². The zero-order valence-electron chi connectivity index (χ0n) is 20.8. The Labute approximate surface area is 221 Å². The van der Waals surface area contributed by atoms with Crippen LogP contribution in [0.3, 0.4) is 0 Å². The molecule has 37 heavy (non-hydrogen) atoms. The van der Waals surface area contributed by atoms with E-state index in [-0.39, 0.29) is 22.3 Å². The molecule has 1 spiro atoms. The van der Waals surface area contributed by atoms with Gasteiger partial charge in [-0.1, -0.05) is 0 Å². The average molecular weight is 521 g/mol. The molecule has 3 fully saturated rings. The number of nitriles is 1. The summed E-state index contributed by atoms with van der Waals surface area (Å²) in [5.41, 5.74) is 0.910. The first kappa shape index (κ1) is 25.2. The van der Waals surface area contributed by atoms with Crippen molar-refractivity contribution in [2.75, 3.05) is 36.0 Å². The topological polar surface area (TPSA) is 92.6 Å². The second kappa shape index (κ2) is 10.1. The fourth-order valence-corrected chi connectivity index (χ4v) is 5.91. The van der Waals surface area contributed by atoms with Crippen LogP contribution in [0.1, 0.15) is 60.1 Å². The number of anilines is 2. The van der Waals surface area contributed by atoms with Gasteiger partial charge >= 0.3 is 0 Å². The molecule has 1 saturated carbocycles. The summed E-state index contributed by atoms with van der Waals surface area (Å²) < 4.78 is 15.2. The SMILES string of the molecule is Cc1cc(N2C(=O)C3(CCC3)N(c3ccc(C(=O)NCCCN4CCCC4)c(F)c3)C2=S)cnc1C#N. The van der Waals surface area contributed by atoms with Crippen molar-refractivity contribution >= 4 is 40.5 Å². The number of thiocarbonyl (C=S) groups is 1. The molecule has 0 unspecified atom stereocenters. The van der Waals surface area contributed by atoms with Crippen LogP contribution in [0.25, 0.3) is 0 Å². The number of aromatic nitrogens is 1. The summed E-state index contributed by atoms with van der Waals surface area (Å²) >= 11 is 5.73. The van der Waals surface area contributed by atoms with Crippen molar-refractivity contribution in [1.29, 1.82) is 5.26 Å². The number of likely N-dealkylation sites (tertiary alicyclic amines) is 1. The van der Waals surface area contributed by atoms with Gasteiger partial charge in [0.15, 0.2) is 5.11 Å². The number of aryl methyl sites for hydroxylation is 1. The predicted octanol–water partition coefficient (Wildman–Crippen LogP) is 3.68. The van der Waals surface area contributed by atoms with E-state index in [1.165, 1.54) is 36.1 Å². The van der Waals surface area contributed by atoms with Crippen LogP contribution in [0.4, 0.5) is 15.8 Å². The van der Waals surface area contributed by atoms with E-state index in [1.54, 1.807) is 24.0 Å². The number of carbonyl (C=O) groups is 2. The van der Waals surface area contributed by atoms with E-state index in [2.05, 4.69) is 15.2 Å². The Balaban J connectivity index is 1.34. The third-order valence-corrected chi connectivity index (χ3v) is 7.98. The van der Waals surface area contributed by atoms with Crippen LogP contribution in [0.5, 0.6) is 0 Å². The summed E-state index contributed by atoms with van der Waals surface area (Å²) in [7, 11) is 0. The molecule has 5 rings (SSSR count). The molecule has 0 bridgehead atoms. The van der Waals surface area contributed by atoms with Gasteiger partial charge in [-0.2, -0.15) is 5.26 Å². The Morgan fingerprint density at radius 3 is 2.59 bits per heavy atom. The quantitative estimate of drug-likeness (QED) is 0.440. The monoisotopic (exact) mass is 520 g/mol. The molecule has 3 heterocycles. The maximum Gasteiger partial charge on any atom is 0.259 e. The van der Waals surface area contributed by atoms with E-state index in [1.807, 2.05) is 6.07 Å². The fourth-order valence-electron chi connectivity index (χ4n) is 5.44. The first-order chi connectivity index (χ1) is 17.9. The van der Waals surface area contributed by atoms with Crippen LogP contribution in [-0.2, 0) is 4.79 Å². The van der Waals surface area contributed by atoms with Crippen molar-refractivity contribution < 1.29 is 14.0 Å². The molecule has 2 aromatic rings. The van der Waals surface area contributed by atoms with E-state index in [0.717, 1.165) is 32.5 Å². The molecular weight excluding hydrogens is 491 g/mol. The molecule has 1 aliphatic carbocycles. The highest BCUT2D eigenvalue weighted by molar-refractivity contribution is 7.81. The Bertz CT molecular complexity index is 1300. The maximum absolute atomic E-state index is 15.2. The van der Waals surface area contributed by atoms with E-state index in [0.29, 0.717) is 36.3 Å². The lowest BCUT2D eigenvalue weighted by Crippen LogP contribution is -2.55. The van der Waals surface area contributed by atoms with Crippen molar-refractivity contribution in [3.8, 4) is 6.07 Å². The van der Waals surface area contributed by atoms with Crippen molar-refractivity contribution in [1.82, 2.24) is 15.2 Å². The molecule has 2 aliphatic heterocycles. The highest BCUT2D eigenvalue weighted by atomic mass is 32.1. The van der Waals surface area contributed by atoms with Gasteiger partial charge in [-0.3, -0.25) is 14.5 Å². The van der Waals surface area contributed by atoms with Crippen LogP contribution in [0.2, 0.25) is 0 Å². The number of carbonyl (C=O) groups excluding carboxylic acids is 2. The number of halogens is 1. The van der Waals surface area contributed by atoms with Gasteiger partial charge in [-0.25, -0.2) is 9.37 Å². The molecule has 192 valence electrons. The molecule has 0 atom stereocenters. The highest BCUT2D eigenvalue weighted by Gasteiger charge is 2.59. The van der Waals surface area contributed by atoms with Gasteiger partial charge in [0.25, 0.3) is 11.8 Å². The highest BCUT2D eigenvalue weighted by Crippen LogP contribution is 2.48. The Kier molecular flexibility index (Phi) is 6.92. The van der Waals surface area contributed by atoms with Crippen LogP contribution in [-0.4, -0.2) is 58.5 Å². The van der Waals surface area contributed by atoms with E-state index in [9.17, 15) is 14.9 Å². The Hall–Kier alpha value is -3.42. The molecule has 10 heteroatoms.